The molecule has 1 N–H and O–H groups in total. The van der Waals surface area contributed by atoms with E-state index in [0.29, 0.717) is 17.9 Å². The van der Waals surface area contributed by atoms with Crippen LogP contribution in [0, 0.1) is 0 Å². The first-order valence-electron chi connectivity index (χ1n) is 5.70. The van der Waals surface area contributed by atoms with Gasteiger partial charge in [0.1, 0.15) is 11.5 Å². The molecule has 0 aliphatic rings. The van der Waals surface area contributed by atoms with Gasteiger partial charge in [-0.25, -0.2) is 0 Å². The fraction of sp³-hybridized carbons (Fsp3) is 0.214. The molecule has 0 unspecified atom stereocenters. The van der Waals surface area contributed by atoms with Gasteiger partial charge in [0.25, 0.3) is 0 Å². The van der Waals surface area contributed by atoms with Gasteiger partial charge in [-0.15, -0.1) is 0 Å². The van der Waals surface area contributed by atoms with E-state index in [1.165, 1.54) is 0 Å². The molecule has 2 rings (SSSR count). The average molecular weight is 245 g/mol. The van der Waals surface area contributed by atoms with Gasteiger partial charge in [-0.1, -0.05) is 12.1 Å². The molecule has 0 saturated heterocycles. The Labute approximate surface area is 106 Å². The van der Waals surface area contributed by atoms with Crippen LogP contribution in [0.2, 0.25) is 0 Å². The van der Waals surface area contributed by atoms with Crippen LogP contribution >= 0.6 is 0 Å². The maximum atomic E-state index is 11.9. The first kappa shape index (κ1) is 12.4. The van der Waals surface area contributed by atoms with E-state index in [9.17, 15) is 4.79 Å². The summed E-state index contributed by atoms with van der Waals surface area (Å²) >= 11 is 0. The number of ether oxygens (including phenoxy) is 1. The summed E-state index contributed by atoms with van der Waals surface area (Å²) < 4.78 is 10.2. The number of carbonyl (C=O) groups excluding carboxylic acids is 1. The molecule has 0 atom stereocenters. The van der Waals surface area contributed by atoms with Crippen molar-refractivity contribution in [1.82, 2.24) is 5.32 Å². The van der Waals surface area contributed by atoms with Crippen LogP contribution < -0.4 is 10.1 Å². The molecule has 1 aromatic carbocycles. The van der Waals surface area contributed by atoms with Gasteiger partial charge in [-0.3, -0.25) is 4.79 Å². The van der Waals surface area contributed by atoms with Gasteiger partial charge in [-0.05, 0) is 24.3 Å². The Morgan fingerprint density at radius 3 is 2.94 bits per heavy atom. The van der Waals surface area contributed by atoms with E-state index >= 15 is 0 Å². The van der Waals surface area contributed by atoms with E-state index < -0.39 is 0 Å². The molecule has 2 aromatic rings. The molecule has 4 heteroatoms. The number of hydrogen-bond donors (Lipinski definition) is 1. The van der Waals surface area contributed by atoms with Crippen molar-refractivity contribution in [3.63, 3.8) is 0 Å². The lowest BCUT2D eigenvalue weighted by Crippen LogP contribution is -2.22. The van der Waals surface area contributed by atoms with Crippen LogP contribution in [-0.4, -0.2) is 19.4 Å². The molecule has 0 bridgehead atoms. The number of furan rings is 1. The summed E-state index contributed by atoms with van der Waals surface area (Å²) in [5, 5.41) is 3.04. The molecule has 0 aliphatic heterocycles. The Morgan fingerprint density at radius 2 is 2.22 bits per heavy atom. The van der Waals surface area contributed by atoms with Crippen LogP contribution in [0.4, 0.5) is 0 Å². The van der Waals surface area contributed by atoms with E-state index in [1.807, 2.05) is 18.2 Å². The molecule has 18 heavy (non-hydrogen) atoms. The van der Waals surface area contributed by atoms with Gasteiger partial charge >= 0.3 is 0 Å². The molecule has 0 radical (unpaired) electrons. The highest BCUT2D eigenvalue weighted by atomic mass is 16.5. The third-order valence-electron chi connectivity index (χ3n) is 2.56. The summed E-state index contributed by atoms with van der Waals surface area (Å²) in [6.07, 6.45) is 1.61. The number of rotatable bonds is 6. The summed E-state index contributed by atoms with van der Waals surface area (Å²) in [5.41, 5.74) is 0.640. The second-order valence-corrected chi connectivity index (χ2v) is 3.84. The monoisotopic (exact) mass is 245 g/mol. The molecule has 4 nitrogen and oxygen atoms in total. The lowest BCUT2D eigenvalue weighted by atomic mass is 10.1. The predicted octanol–water partition coefficient (Wildman–Crippen LogP) is 2.26. The minimum Gasteiger partial charge on any atom is -0.497 e. The Bertz CT molecular complexity index is 506. The van der Waals surface area contributed by atoms with Gasteiger partial charge < -0.3 is 14.5 Å². The Kier molecular flexibility index (Phi) is 4.15. The van der Waals surface area contributed by atoms with Crippen molar-refractivity contribution in [3.8, 4) is 5.75 Å². The van der Waals surface area contributed by atoms with Crippen molar-refractivity contribution in [2.75, 3.05) is 13.7 Å². The number of hydrogen-bond acceptors (Lipinski definition) is 4. The van der Waals surface area contributed by atoms with Crippen molar-refractivity contribution in [2.24, 2.45) is 0 Å². The molecule has 0 fully saturated rings. The average Bonchev–Trinajstić information content (AvgIpc) is 2.92. The highest BCUT2D eigenvalue weighted by molar-refractivity contribution is 5.97. The second kappa shape index (κ2) is 6.02. The largest absolute Gasteiger partial charge is 0.497 e. The normalized spacial score (nSPS) is 10.3. The van der Waals surface area contributed by atoms with E-state index in [-0.39, 0.29) is 12.3 Å². The van der Waals surface area contributed by atoms with Crippen LogP contribution in [0.25, 0.3) is 0 Å². The summed E-state index contributed by atoms with van der Waals surface area (Å²) in [6, 6.07) is 10.8. The van der Waals surface area contributed by atoms with Gasteiger partial charge in [0.05, 0.1) is 26.5 Å². The first-order chi connectivity index (χ1) is 8.79. The lowest BCUT2D eigenvalue weighted by Gasteiger charge is -2.04. The van der Waals surface area contributed by atoms with Gasteiger partial charge in [-0.2, -0.15) is 0 Å². The maximum absolute atomic E-state index is 11.9. The Morgan fingerprint density at radius 1 is 1.33 bits per heavy atom. The molecule has 1 heterocycles. The zero-order chi connectivity index (χ0) is 12.8. The number of ketones is 1. The van der Waals surface area contributed by atoms with E-state index in [1.54, 1.807) is 31.6 Å². The van der Waals surface area contributed by atoms with E-state index in [2.05, 4.69) is 5.32 Å². The smallest absolute Gasteiger partial charge is 0.176 e. The predicted molar refractivity (Wildman–Crippen MR) is 67.7 cm³/mol. The standard InChI is InChI=1S/C14H15NO3/c1-17-12-5-2-4-11(8-12)14(16)10-15-9-13-6-3-7-18-13/h2-8,15H,9-10H2,1H3. The zero-order valence-electron chi connectivity index (χ0n) is 10.2. The van der Waals surface area contributed by atoms with Crippen LogP contribution in [0.15, 0.2) is 47.1 Å². The molecular formula is C14H15NO3. The number of methoxy groups -OCH3 is 1. The van der Waals surface area contributed by atoms with Crippen LogP contribution in [0.1, 0.15) is 16.1 Å². The molecule has 0 amide bonds. The number of nitrogens with one attached hydrogen (secondary N) is 1. The minimum atomic E-state index is 0.0282. The van der Waals surface area contributed by atoms with Crippen LogP contribution in [-0.2, 0) is 6.54 Å². The number of Topliss-reactive ketones (excluding diaryl/α,β-unsaturated/α-hetero) is 1. The van der Waals surface area contributed by atoms with Crippen LogP contribution in [0.5, 0.6) is 5.75 Å². The molecular weight excluding hydrogens is 230 g/mol. The summed E-state index contributed by atoms with van der Waals surface area (Å²) in [4.78, 5) is 11.9. The number of carbonyl (C=O) groups is 1. The van der Waals surface area contributed by atoms with Crippen molar-refractivity contribution >= 4 is 5.78 Å². The number of benzene rings is 1. The molecule has 0 spiro atoms. The Balaban J connectivity index is 1.87. The lowest BCUT2D eigenvalue weighted by molar-refractivity contribution is 0.0990. The highest BCUT2D eigenvalue weighted by Crippen LogP contribution is 2.12. The van der Waals surface area contributed by atoms with Gasteiger partial charge in [0.2, 0.25) is 0 Å². The summed E-state index contributed by atoms with van der Waals surface area (Å²) in [7, 11) is 1.58. The molecule has 94 valence electrons. The highest BCUT2D eigenvalue weighted by Gasteiger charge is 2.06. The first-order valence-corrected chi connectivity index (χ1v) is 5.70. The zero-order valence-corrected chi connectivity index (χ0v) is 10.2. The van der Waals surface area contributed by atoms with Crippen LogP contribution in [0.3, 0.4) is 0 Å². The van der Waals surface area contributed by atoms with Gasteiger partial charge in [0, 0.05) is 5.56 Å². The fourth-order valence-corrected chi connectivity index (χ4v) is 1.61. The molecule has 0 aliphatic carbocycles. The third-order valence-corrected chi connectivity index (χ3v) is 2.56. The fourth-order valence-electron chi connectivity index (χ4n) is 1.61. The Hall–Kier alpha value is -2.07. The second-order valence-electron chi connectivity index (χ2n) is 3.84. The van der Waals surface area contributed by atoms with Crippen molar-refractivity contribution < 1.29 is 13.9 Å². The van der Waals surface area contributed by atoms with Crippen molar-refractivity contribution in [1.29, 1.82) is 0 Å². The minimum absolute atomic E-state index is 0.0282. The van der Waals surface area contributed by atoms with Crippen molar-refractivity contribution in [2.45, 2.75) is 6.54 Å². The topological polar surface area (TPSA) is 51.5 Å². The summed E-state index contributed by atoms with van der Waals surface area (Å²) in [5.74, 6) is 1.53. The van der Waals surface area contributed by atoms with E-state index in [0.717, 1.165) is 5.76 Å². The van der Waals surface area contributed by atoms with E-state index in [4.69, 9.17) is 9.15 Å². The maximum Gasteiger partial charge on any atom is 0.176 e. The van der Waals surface area contributed by atoms with Gasteiger partial charge in [0.15, 0.2) is 5.78 Å². The van der Waals surface area contributed by atoms with Crippen molar-refractivity contribution in [3.05, 3.63) is 54.0 Å². The molecule has 1 aromatic heterocycles. The molecule has 0 saturated carbocycles. The summed E-state index contributed by atoms with van der Waals surface area (Å²) in [6.45, 7) is 0.816. The SMILES string of the molecule is COc1cccc(C(=O)CNCc2ccco2)c1. The third kappa shape index (κ3) is 3.21. The quantitative estimate of drug-likeness (QED) is 0.793.